The van der Waals surface area contributed by atoms with Gasteiger partial charge in [-0.25, -0.2) is 4.79 Å². The van der Waals surface area contributed by atoms with Crippen molar-refractivity contribution < 1.29 is 19.4 Å². The quantitative estimate of drug-likeness (QED) is 0.621. The summed E-state index contributed by atoms with van der Waals surface area (Å²) in [6, 6.07) is 4.84. The molecule has 0 aliphatic rings. The second kappa shape index (κ2) is 7.45. The number of aliphatic hydroxyl groups excluding tert-OH is 1. The lowest BCUT2D eigenvalue weighted by Gasteiger charge is -2.12. The number of aliphatic hydroxyl groups is 1. The van der Waals surface area contributed by atoms with Gasteiger partial charge >= 0.3 is 5.97 Å². The van der Waals surface area contributed by atoms with E-state index in [-0.39, 0.29) is 0 Å². The van der Waals surface area contributed by atoms with E-state index in [2.05, 4.69) is 10.1 Å². The molecule has 108 valence electrons. The molecule has 1 unspecified atom stereocenters. The van der Waals surface area contributed by atoms with Crippen molar-refractivity contribution in [3.63, 3.8) is 0 Å². The molecule has 1 rings (SSSR count). The van der Waals surface area contributed by atoms with Crippen LogP contribution in [0.15, 0.2) is 24.3 Å². The van der Waals surface area contributed by atoms with Gasteiger partial charge in [-0.3, -0.25) is 4.79 Å². The molecule has 0 saturated heterocycles. The summed E-state index contributed by atoms with van der Waals surface area (Å²) in [5.74, 6) is -1.14. The van der Waals surface area contributed by atoms with Crippen molar-refractivity contribution in [3.05, 3.63) is 41.0 Å². The number of ether oxygens (including phenoxy) is 1. The number of carbonyl (C=O) groups is 2. The molecule has 2 N–H and O–H groups in total. The van der Waals surface area contributed by atoms with Gasteiger partial charge in [0, 0.05) is 6.08 Å². The zero-order valence-electron chi connectivity index (χ0n) is 11.8. The Balaban J connectivity index is 2.70. The molecule has 0 aliphatic heterocycles. The van der Waals surface area contributed by atoms with Gasteiger partial charge in [0.25, 0.3) is 0 Å². The Morgan fingerprint density at radius 2 is 2.10 bits per heavy atom. The fraction of sp³-hybridized carbons (Fsp3) is 0.333. The van der Waals surface area contributed by atoms with E-state index in [4.69, 9.17) is 5.11 Å². The summed E-state index contributed by atoms with van der Waals surface area (Å²) >= 11 is 0. The number of esters is 1. The molecule has 1 aromatic carbocycles. The van der Waals surface area contributed by atoms with Gasteiger partial charge in [-0.15, -0.1) is 0 Å². The van der Waals surface area contributed by atoms with E-state index in [1.54, 1.807) is 6.08 Å². The normalized spacial score (nSPS) is 12.2. The summed E-state index contributed by atoms with van der Waals surface area (Å²) in [7, 11) is 1.20. The molecule has 0 bridgehead atoms. The van der Waals surface area contributed by atoms with Crippen LogP contribution < -0.4 is 5.32 Å². The van der Waals surface area contributed by atoms with E-state index in [0.717, 1.165) is 16.7 Å². The monoisotopic (exact) mass is 277 g/mol. The summed E-state index contributed by atoms with van der Waals surface area (Å²) in [5.41, 5.74) is 3.13. The molecule has 0 spiro atoms. The number of carbonyl (C=O) groups excluding carboxylic acids is 2. The Labute approximate surface area is 118 Å². The van der Waals surface area contributed by atoms with Gasteiger partial charge < -0.3 is 15.2 Å². The number of methoxy groups -OCH3 is 1. The third-order valence-corrected chi connectivity index (χ3v) is 2.82. The maximum absolute atomic E-state index is 11.7. The molecule has 5 nitrogen and oxygen atoms in total. The number of nitrogens with one attached hydrogen (secondary N) is 1. The predicted molar refractivity (Wildman–Crippen MR) is 76.0 cm³/mol. The number of hydrogen-bond acceptors (Lipinski definition) is 4. The molecule has 0 fully saturated rings. The Morgan fingerprint density at radius 3 is 2.65 bits per heavy atom. The average molecular weight is 277 g/mol. The van der Waals surface area contributed by atoms with Crippen LogP contribution in [-0.4, -0.2) is 36.7 Å². The van der Waals surface area contributed by atoms with Gasteiger partial charge in [0.15, 0.2) is 6.04 Å². The first kappa shape index (κ1) is 15.9. The van der Waals surface area contributed by atoms with Gasteiger partial charge in [0.2, 0.25) is 5.91 Å². The third-order valence-electron chi connectivity index (χ3n) is 2.82. The molecule has 20 heavy (non-hydrogen) atoms. The van der Waals surface area contributed by atoms with Gasteiger partial charge in [0.1, 0.15) is 0 Å². The largest absolute Gasteiger partial charge is 0.467 e. The lowest BCUT2D eigenvalue weighted by atomic mass is 10.1. The first-order chi connectivity index (χ1) is 9.47. The van der Waals surface area contributed by atoms with Crippen molar-refractivity contribution in [1.29, 1.82) is 0 Å². The molecule has 0 radical (unpaired) electrons. The van der Waals surface area contributed by atoms with E-state index < -0.39 is 24.5 Å². The average Bonchev–Trinajstić information content (AvgIpc) is 2.43. The third kappa shape index (κ3) is 4.51. The molecule has 5 heteroatoms. The number of amides is 1. The zero-order valence-corrected chi connectivity index (χ0v) is 11.8. The Hall–Kier alpha value is -2.14. The standard InChI is InChI=1S/C15H19NO4/c1-10-4-5-12(11(2)8-10)6-7-14(18)16-13(9-17)15(19)20-3/h4-8,13,17H,9H2,1-3H3,(H,16,18)/b7-6+. The van der Waals surface area contributed by atoms with Crippen molar-refractivity contribution in [2.45, 2.75) is 19.9 Å². The summed E-state index contributed by atoms with van der Waals surface area (Å²) in [5, 5.41) is 11.4. The fourth-order valence-corrected chi connectivity index (χ4v) is 1.72. The van der Waals surface area contributed by atoms with Crippen LogP contribution in [0.5, 0.6) is 0 Å². The van der Waals surface area contributed by atoms with Gasteiger partial charge in [-0.1, -0.05) is 23.8 Å². The SMILES string of the molecule is COC(=O)C(CO)NC(=O)/C=C/c1ccc(C)cc1C. The highest BCUT2D eigenvalue weighted by Gasteiger charge is 2.19. The fourth-order valence-electron chi connectivity index (χ4n) is 1.72. The maximum Gasteiger partial charge on any atom is 0.330 e. The molecule has 1 aromatic rings. The first-order valence-corrected chi connectivity index (χ1v) is 6.22. The lowest BCUT2D eigenvalue weighted by Crippen LogP contribution is -2.43. The number of rotatable bonds is 5. The Bertz CT molecular complexity index is 523. The van der Waals surface area contributed by atoms with Crippen LogP contribution in [0.3, 0.4) is 0 Å². The van der Waals surface area contributed by atoms with Crippen LogP contribution in [0.25, 0.3) is 6.08 Å². The maximum atomic E-state index is 11.7. The summed E-state index contributed by atoms with van der Waals surface area (Å²) in [6.45, 7) is 3.45. The summed E-state index contributed by atoms with van der Waals surface area (Å²) in [4.78, 5) is 22.9. The molecular weight excluding hydrogens is 258 g/mol. The smallest absolute Gasteiger partial charge is 0.330 e. The molecule has 0 aromatic heterocycles. The van der Waals surface area contributed by atoms with Crippen LogP contribution in [0.4, 0.5) is 0 Å². The van der Waals surface area contributed by atoms with Crippen molar-refractivity contribution in [1.82, 2.24) is 5.32 Å². The highest BCUT2D eigenvalue weighted by atomic mass is 16.5. The number of benzene rings is 1. The second-order valence-corrected chi connectivity index (χ2v) is 4.46. The van der Waals surface area contributed by atoms with Crippen LogP contribution in [-0.2, 0) is 14.3 Å². The minimum Gasteiger partial charge on any atom is -0.467 e. The van der Waals surface area contributed by atoms with E-state index >= 15 is 0 Å². The molecular formula is C15H19NO4. The Kier molecular flexibility index (Phi) is 5.93. The zero-order chi connectivity index (χ0) is 15.1. The van der Waals surface area contributed by atoms with Crippen molar-refractivity contribution in [2.24, 2.45) is 0 Å². The minimum absolute atomic E-state index is 0.463. The van der Waals surface area contributed by atoms with Crippen molar-refractivity contribution >= 4 is 18.0 Å². The Morgan fingerprint density at radius 1 is 1.40 bits per heavy atom. The first-order valence-electron chi connectivity index (χ1n) is 6.22. The highest BCUT2D eigenvalue weighted by molar-refractivity contribution is 5.94. The van der Waals surface area contributed by atoms with Crippen molar-refractivity contribution in [3.8, 4) is 0 Å². The molecule has 1 amide bonds. The van der Waals surface area contributed by atoms with Crippen LogP contribution in [0.1, 0.15) is 16.7 Å². The van der Waals surface area contributed by atoms with Crippen LogP contribution in [0.2, 0.25) is 0 Å². The van der Waals surface area contributed by atoms with E-state index in [9.17, 15) is 9.59 Å². The summed E-state index contributed by atoms with van der Waals surface area (Å²) in [6.07, 6.45) is 2.99. The highest BCUT2D eigenvalue weighted by Crippen LogP contribution is 2.11. The number of hydrogen-bond donors (Lipinski definition) is 2. The predicted octanol–water partition coefficient (Wildman–Crippen LogP) is 0.967. The molecule has 1 atom stereocenters. The van der Waals surface area contributed by atoms with Gasteiger partial charge in [-0.05, 0) is 31.1 Å². The minimum atomic E-state index is -1.05. The number of aryl methyl sites for hydroxylation is 2. The van der Waals surface area contributed by atoms with Crippen LogP contribution >= 0.6 is 0 Å². The lowest BCUT2D eigenvalue weighted by molar-refractivity contribution is -0.145. The topological polar surface area (TPSA) is 75.6 Å². The molecule has 0 aliphatic carbocycles. The van der Waals surface area contributed by atoms with Crippen LogP contribution in [0, 0.1) is 13.8 Å². The summed E-state index contributed by atoms with van der Waals surface area (Å²) < 4.78 is 4.46. The van der Waals surface area contributed by atoms with Gasteiger partial charge in [0.05, 0.1) is 13.7 Å². The molecule has 0 saturated carbocycles. The molecule has 0 heterocycles. The van der Waals surface area contributed by atoms with E-state index in [1.807, 2.05) is 32.0 Å². The van der Waals surface area contributed by atoms with Crippen molar-refractivity contribution in [2.75, 3.05) is 13.7 Å². The second-order valence-electron chi connectivity index (χ2n) is 4.46. The van der Waals surface area contributed by atoms with E-state index in [0.29, 0.717) is 0 Å². The van der Waals surface area contributed by atoms with E-state index in [1.165, 1.54) is 13.2 Å². The van der Waals surface area contributed by atoms with Gasteiger partial charge in [-0.2, -0.15) is 0 Å².